The van der Waals surface area contributed by atoms with Crippen LogP contribution in [0.2, 0.25) is 0 Å². The normalized spacial score (nSPS) is 15.9. The topological polar surface area (TPSA) is 21.3 Å². The van der Waals surface area contributed by atoms with Gasteiger partial charge in [-0.1, -0.05) is 23.8 Å². The Balaban J connectivity index is 1.87. The van der Waals surface area contributed by atoms with Gasteiger partial charge in [-0.2, -0.15) is 0 Å². The van der Waals surface area contributed by atoms with Crippen LogP contribution in [0.25, 0.3) is 0 Å². The molecule has 0 aliphatic carbocycles. The molecule has 0 radical (unpaired) electrons. The quantitative estimate of drug-likeness (QED) is 0.761. The number of hydrogen-bond donors (Lipinski definition) is 1. The standard InChI is InChI=1S/C13H17NO/c1-11-2-4-13(5-3-11)15-10-12-6-8-14-9-7-12/h2-6,14H,7-10H2,1H3. The van der Waals surface area contributed by atoms with Crippen LogP contribution in [0.5, 0.6) is 5.75 Å². The lowest BCUT2D eigenvalue weighted by Crippen LogP contribution is -2.22. The molecule has 0 amide bonds. The van der Waals surface area contributed by atoms with Crippen LogP contribution in [0.1, 0.15) is 12.0 Å². The fraction of sp³-hybridized carbons (Fsp3) is 0.385. The van der Waals surface area contributed by atoms with Gasteiger partial charge >= 0.3 is 0 Å². The molecule has 0 atom stereocenters. The maximum absolute atomic E-state index is 5.70. The van der Waals surface area contributed by atoms with E-state index in [2.05, 4.69) is 30.4 Å². The zero-order chi connectivity index (χ0) is 10.5. The third-order valence-electron chi connectivity index (χ3n) is 2.60. The minimum atomic E-state index is 0.727. The van der Waals surface area contributed by atoms with Gasteiger partial charge in [0.05, 0.1) is 0 Å². The van der Waals surface area contributed by atoms with Crippen molar-refractivity contribution in [1.29, 1.82) is 0 Å². The van der Waals surface area contributed by atoms with Crippen LogP contribution in [0.15, 0.2) is 35.9 Å². The van der Waals surface area contributed by atoms with Crippen molar-refractivity contribution in [3.8, 4) is 5.75 Å². The Labute approximate surface area is 91.0 Å². The molecule has 0 fully saturated rings. The van der Waals surface area contributed by atoms with Crippen molar-refractivity contribution < 1.29 is 4.74 Å². The summed E-state index contributed by atoms with van der Waals surface area (Å²) in [6.07, 6.45) is 3.32. The van der Waals surface area contributed by atoms with Gasteiger partial charge in [-0.15, -0.1) is 0 Å². The minimum absolute atomic E-state index is 0.727. The van der Waals surface area contributed by atoms with Crippen LogP contribution < -0.4 is 10.1 Å². The molecule has 0 aromatic heterocycles. The number of hydrogen-bond acceptors (Lipinski definition) is 2. The van der Waals surface area contributed by atoms with Crippen LogP contribution in [0.4, 0.5) is 0 Å². The van der Waals surface area contributed by atoms with E-state index in [1.807, 2.05) is 12.1 Å². The van der Waals surface area contributed by atoms with E-state index in [9.17, 15) is 0 Å². The number of nitrogens with one attached hydrogen (secondary N) is 1. The van der Waals surface area contributed by atoms with Crippen molar-refractivity contribution in [1.82, 2.24) is 5.32 Å². The highest BCUT2D eigenvalue weighted by Gasteiger charge is 2.03. The average Bonchev–Trinajstić information content (AvgIpc) is 2.30. The summed E-state index contributed by atoms with van der Waals surface area (Å²) in [4.78, 5) is 0. The van der Waals surface area contributed by atoms with E-state index in [1.165, 1.54) is 11.1 Å². The molecule has 80 valence electrons. The number of ether oxygens (including phenoxy) is 1. The first-order valence-electron chi connectivity index (χ1n) is 5.43. The summed E-state index contributed by atoms with van der Waals surface area (Å²) in [6.45, 7) is 4.86. The van der Waals surface area contributed by atoms with E-state index in [-0.39, 0.29) is 0 Å². The third kappa shape index (κ3) is 3.10. The maximum Gasteiger partial charge on any atom is 0.119 e. The lowest BCUT2D eigenvalue weighted by atomic mass is 10.1. The summed E-state index contributed by atoms with van der Waals surface area (Å²) >= 11 is 0. The zero-order valence-corrected chi connectivity index (χ0v) is 9.12. The highest BCUT2D eigenvalue weighted by molar-refractivity contribution is 5.26. The van der Waals surface area contributed by atoms with E-state index >= 15 is 0 Å². The molecule has 0 bridgehead atoms. The molecule has 1 aromatic rings. The largest absolute Gasteiger partial charge is 0.489 e. The smallest absolute Gasteiger partial charge is 0.119 e. The molecule has 0 saturated heterocycles. The Morgan fingerprint density at radius 3 is 2.73 bits per heavy atom. The van der Waals surface area contributed by atoms with Crippen molar-refractivity contribution in [2.45, 2.75) is 13.3 Å². The molecule has 1 N–H and O–H groups in total. The molecule has 2 nitrogen and oxygen atoms in total. The van der Waals surface area contributed by atoms with Gasteiger partial charge in [0, 0.05) is 6.54 Å². The molecule has 1 aliphatic heterocycles. The predicted molar refractivity (Wildman–Crippen MR) is 62.2 cm³/mol. The van der Waals surface area contributed by atoms with Gasteiger partial charge in [-0.05, 0) is 37.6 Å². The second kappa shape index (κ2) is 4.99. The lowest BCUT2D eigenvalue weighted by Gasteiger charge is -2.14. The van der Waals surface area contributed by atoms with Gasteiger partial charge in [0.1, 0.15) is 12.4 Å². The molecule has 0 unspecified atom stereocenters. The summed E-state index contributed by atoms with van der Waals surface area (Å²) in [5.41, 5.74) is 2.66. The van der Waals surface area contributed by atoms with E-state index in [0.29, 0.717) is 0 Å². The van der Waals surface area contributed by atoms with Gasteiger partial charge < -0.3 is 10.1 Å². The van der Waals surface area contributed by atoms with Gasteiger partial charge in [-0.25, -0.2) is 0 Å². The summed E-state index contributed by atoms with van der Waals surface area (Å²) in [6, 6.07) is 8.20. The van der Waals surface area contributed by atoms with Crippen LogP contribution in [0.3, 0.4) is 0 Å². The third-order valence-corrected chi connectivity index (χ3v) is 2.60. The fourth-order valence-electron chi connectivity index (χ4n) is 1.61. The highest BCUT2D eigenvalue weighted by Crippen LogP contribution is 2.13. The number of benzene rings is 1. The van der Waals surface area contributed by atoms with Gasteiger partial charge in [0.2, 0.25) is 0 Å². The molecule has 2 heteroatoms. The molecule has 1 aromatic carbocycles. The molecule has 2 rings (SSSR count). The molecule has 0 spiro atoms. The molecule has 1 heterocycles. The first-order valence-corrected chi connectivity index (χ1v) is 5.43. The first kappa shape index (κ1) is 10.2. The van der Waals surface area contributed by atoms with Crippen LogP contribution >= 0.6 is 0 Å². The second-order valence-corrected chi connectivity index (χ2v) is 3.92. The van der Waals surface area contributed by atoms with E-state index < -0.39 is 0 Å². The summed E-state index contributed by atoms with van der Waals surface area (Å²) in [7, 11) is 0. The summed E-state index contributed by atoms with van der Waals surface area (Å²) < 4.78 is 5.70. The Bertz CT molecular complexity index is 340. The van der Waals surface area contributed by atoms with E-state index in [0.717, 1.165) is 31.9 Å². The van der Waals surface area contributed by atoms with Gasteiger partial charge in [-0.3, -0.25) is 0 Å². The van der Waals surface area contributed by atoms with Crippen LogP contribution in [0, 0.1) is 6.92 Å². The fourth-order valence-corrected chi connectivity index (χ4v) is 1.61. The molecule has 0 saturated carbocycles. The van der Waals surface area contributed by atoms with E-state index in [4.69, 9.17) is 4.74 Å². The van der Waals surface area contributed by atoms with E-state index in [1.54, 1.807) is 0 Å². The Hall–Kier alpha value is -1.28. The Morgan fingerprint density at radius 1 is 1.27 bits per heavy atom. The summed E-state index contributed by atoms with van der Waals surface area (Å²) in [5, 5.41) is 3.29. The first-order chi connectivity index (χ1) is 7.34. The SMILES string of the molecule is Cc1ccc(OCC2=CCNCC2)cc1. The number of aryl methyl sites for hydroxylation is 1. The van der Waals surface area contributed by atoms with Crippen molar-refractivity contribution >= 4 is 0 Å². The minimum Gasteiger partial charge on any atom is -0.489 e. The Kier molecular flexibility index (Phi) is 3.41. The monoisotopic (exact) mass is 203 g/mol. The van der Waals surface area contributed by atoms with Crippen molar-refractivity contribution in [3.05, 3.63) is 41.5 Å². The van der Waals surface area contributed by atoms with Gasteiger partial charge in [0.25, 0.3) is 0 Å². The second-order valence-electron chi connectivity index (χ2n) is 3.92. The molecular weight excluding hydrogens is 186 g/mol. The average molecular weight is 203 g/mol. The zero-order valence-electron chi connectivity index (χ0n) is 9.12. The van der Waals surface area contributed by atoms with Crippen molar-refractivity contribution in [2.75, 3.05) is 19.7 Å². The highest BCUT2D eigenvalue weighted by atomic mass is 16.5. The summed E-state index contributed by atoms with van der Waals surface area (Å²) in [5.74, 6) is 0.958. The molecular formula is C13H17NO. The Morgan fingerprint density at radius 2 is 2.07 bits per heavy atom. The van der Waals surface area contributed by atoms with Gasteiger partial charge in [0.15, 0.2) is 0 Å². The van der Waals surface area contributed by atoms with Crippen LogP contribution in [-0.2, 0) is 0 Å². The van der Waals surface area contributed by atoms with Crippen LogP contribution in [-0.4, -0.2) is 19.7 Å². The molecule has 1 aliphatic rings. The van der Waals surface area contributed by atoms with Crippen molar-refractivity contribution in [2.24, 2.45) is 0 Å². The number of rotatable bonds is 3. The predicted octanol–water partition coefficient (Wildman–Crippen LogP) is 2.29. The maximum atomic E-state index is 5.70. The lowest BCUT2D eigenvalue weighted by molar-refractivity contribution is 0.344. The molecule has 15 heavy (non-hydrogen) atoms. The van der Waals surface area contributed by atoms with Crippen molar-refractivity contribution in [3.63, 3.8) is 0 Å².